The standard InChI is InChI=1S/C13H17ClN2O3/c14-11-5-2-6-12(16(18)19)13(11)15-8-9-3-1-4-10(17)7-9/h2,5-6,9-10,15,17H,1,3-4,7-8H2. The Morgan fingerprint density at radius 1 is 1.47 bits per heavy atom. The lowest BCUT2D eigenvalue weighted by Crippen LogP contribution is -2.25. The van der Waals surface area contributed by atoms with E-state index in [1.54, 1.807) is 12.1 Å². The van der Waals surface area contributed by atoms with E-state index in [4.69, 9.17) is 11.6 Å². The minimum Gasteiger partial charge on any atom is -0.393 e. The predicted molar refractivity (Wildman–Crippen MR) is 74.6 cm³/mol. The first-order valence-corrected chi connectivity index (χ1v) is 6.80. The minimum atomic E-state index is -0.441. The summed E-state index contributed by atoms with van der Waals surface area (Å²) in [5.74, 6) is 0.333. The van der Waals surface area contributed by atoms with Gasteiger partial charge >= 0.3 is 0 Å². The molecule has 2 N–H and O–H groups in total. The van der Waals surface area contributed by atoms with Crippen LogP contribution < -0.4 is 5.32 Å². The van der Waals surface area contributed by atoms with Crippen molar-refractivity contribution in [2.45, 2.75) is 31.8 Å². The summed E-state index contributed by atoms with van der Waals surface area (Å²) in [4.78, 5) is 10.5. The summed E-state index contributed by atoms with van der Waals surface area (Å²) in [6, 6.07) is 4.63. The van der Waals surface area contributed by atoms with Crippen LogP contribution in [0, 0.1) is 16.0 Å². The summed E-state index contributed by atoms with van der Waals surface area (Å²) in [5, 5.41) is 24.0. The summed E-state index contributed by atoms with van der Waals surface area (Å²) in [6.07, 6.45) is 3.37. The molecule has 2 unspecified atom stereocenters. The number of para-hydroxylation sites is 1. The number of nitro benzene ring substituents is 1. The molecule has 0 saturated heterocycles. The molecule has 0 radical (unpaired) electrons. The van der Waals surface area contributed by atoms with Crippen LogP contribution in [0.5, 0.6) is 0 Å². The van der Waals surface area contributed by atoms with E-state index >= 15 is 0 Å². The average molecular weight is 285 g/mol. The smallest absolute Gasteiger partial charge is 0.293 e. The fourth-order valence-corrected chi connectivity index (χ4v) is 2.77. The predicted octanol–water partition coefficient (Wildman–Crippen LogP) is 3.21. The zero-order valence-corrected chi connectivity index (χ0v) is 11.3. The molecule has 0 heterocycles. The van der Waals surface area contributed by atoms with Crippen molar-refractivity contribution in [1.82, 2.24) is 0 Å². The average Bonchev–Trinajstić information content (AvgIpc) is 2.37. The summed E-state index contributed by atoms with van der Waals surface area (Å²) >= 11 is 6.00. The van der Waals surface area contributed by atoms with Crippen LogP contribution in [0.25, 0.3) is 0 Å². The van der Waals surface area contributed by atoms with Gasteiger partial charge in [-0.25, -0.2) is 0 Å². The molecule has 19 heavy (non-hydrogen) atoms. The third-order valence-corrected chi connectivity index (χ3v) is 3.83. The summed E-state index contributed by atoms with van der Waals surface area (Å²) in [6.45, 7) is 0.599. The normalized spacial score (nSPS) is 23.1. The van der Waals surface area contributed by atoms with Crippen LogP contribution in [-0.4, -0.2) is 22.7 Å². The molecule has 104 valence electrons. The maximum absolute atomic E-state index is 10.9. The Hall–Kier alpha value is -1.33. The van der Waals surface area contributed by atoms with Gasteiger partial charge in [-0.15, -0.1) is 0 Å². The lowest BCUT2D eigenvalue weighted by molar-refractivity contribution is -0.383. The molecule has 0 bridgehead atoms. The summed E-state index contributed by atoms with van der Waals surface area (Å²) < 4.78 is 0. The molecule has 1 aromatic rings. The van der Waals surface area contributed by atoms with E-state index in [1.165, 1.54) is 6.07 Å². The highest BCUT2D eigenvalue weighted by molar-refractivity contribution is 6.33. The van der Waals surface area contributed by atoms with Gasteiger partial charge in [0.2, 0.25) is 0 Å². The van der Waals surface area contributed by atoms with Gasteiger partial charge in [0.15, 0.2) is 0 Å². The number of halogens is 1. The molecule has 2 atom stereocenters. The Morgan fingerprint density at radius 3 is 2.95 bits per heavy atom. The highest BCUT2D eigenvalue weighted by atomic mass is 35.5. The van der Waals surface area contributed by atoms with Crippen molar-refractivity contribution in [1.29, 1.82) is 0 Å². The van der Waals surface area contributed by atoms with E-state index in [9.17, 15) is 15.2 Å². The molecule has 6 heteroatoms. The van der Waals surface area contributed by atoms with Gasteiger partial charge < -0.3 is 10.4 Å². The Labute approximate surface area is 116 Å². The van der Waals surface area contributed by atoms with Gasteiger partial charge in [0.05, 0.1) is 16.0 Å². The molecule has 1 aliphatic rings. The molecule has 1 aromatic carbocycles. The van der Waals surface area contributed by atoms with Crippen LogP contribution in [0.2, 0.25) is 5.02 Å². The second-order valence-electron chi connectivity index (χ2n) is 4.96. The van der Waals surface area contributed by atoms with Crippen molar-refractivity contribution in [2.75, 3.05) is 11.9 Å². The number of hydrogen-bond donors (Lipinski definition) is 2. The van der Waals surface area contributed by atoms with Gasteiger partial charge in [0.25, 0.3) is 5.69 Å². The summed E-state index contributed by atoms with van der Waals surface area (Å²) in [7, 11) is 0. The molecule has 0 aromatic heterocycles. The van der Waals surface area contributed by atoms with Gasteiger partial charge in [-0.05, 0) is 31.2 Å². The fourth-order valence-electron chi connectivity index (χ4n) is 2.53. The van der Waals surface area contributed by atoms with E-state index in [0.29, 0.717) is 23.2 Å². The molecule has 1 aliphatic carbocycles. The van der Waals surface area contributed by atoms with Crippen molar-refractivity contribution < 1.29 is 10.0 Å². The molecule has 1 saturated carbocycles. The number of anilines is 1. The van der Waals surface area contributed by atoms with Crippen LogP contribution >= 0.6 is 11.6 Å². The molecular weight excluding hydrogens is 268 g/mol. The van der Waals surface area contributed by atoms with Crippen molar-refractivity contribution in [3.05, 3.63) is 33.3 Å². The van der Waals surface area contributed by atoms with Crippen LogP contribution in [-0.2, 0) is 0 Å². The number of rotatable bonds is 4. The molecule has 0 spiro atoms. The fraction of sp³-hybridized carbons (Fsp3) is 0.538. The van der Waals surface area contributed by atoms with E-state index < -0.39 is 4.92 Å². The number of nitrogens with zero attached hydrogens (tertiary/aromatic N) is 1. The Bertz CT molecular complexity index is 467. The van der Waals surface area contributed by atoms with Gasteiger partial charge in [-0.1, -0.05) is 24.1 Å². The first-order valence-electron chi connectivity index (χ1n) is 6.42. The maximum atomic E-state index is 10.9. The van der Waals surface area contributed by atoms with E-state index in [1.807, 2.05) is 0 Å². The highest BCUT2D eigenvalue weighted by Gasteiger charge is 2.22. The van der Waals surface area contributed by atoms with Gasteiger partial charge in [-0.3, -0.25) is 10.1 Å². The third kappa shape index (κ3) is 3.58. The zero-order chi connectivity index (χ0) is 13.8. The number of aliphatic hydroxyl groups is 1. The van der Waals surface area contributed by atoms with Gasteiger partial charge in [-0.2, -0.15) is 0 Å². The van der Waals surface area contributed by atoms with E-state index in [0.717, 1.165) is 25.7 Å². The lowest BCUT2D eigenvalue weighted by atomic mass is 9.87. The number of hydrogen-bond acceptors (Lipinski definition) is 4. The topological polar surface area (TPSA) is 75.4 Å². The first-order chi connectivity index (χ1) is 9.08. The number of nitrogens with one attached hydrogen (secondary N) is 1. The molecular formula is C13H17ClN2O3. The van der Waals surface area contributed by atoms with E-state index in [-0.39, 0.29) is 11.8 Å². The SMILES string of the molecule is O=[N+]([O-])c1cccc(Cl)c1NCC1CCCC(O)C1. The number of nitro groups is 1. The second-order valence-corrected chi connectivity index (χ2v) is 5.37. The maximum Gasteiger partial charge on any atom is 0.293 e. The Balaban J connectivity index is 2.04. The van der Waals surface area contributed by atoms with Crippen molar-refractivity contribution >= 4 is 23.0 Å². The highest BCUT2D eigenvalue weighted by Crippen LogP contribution is 2.33. The quantitative estimate of drug-likeness (QED) is 0.657. The summed E-state index contributed by atoms with van der Waals surface area (Å²) in [5.41, 5.74) is 0.359. The van der Waals surface area contributed by atoms with Gasteiger partial charge in [0, 0.05) is 12.6 Å². The minimum absolute atomic E-state index is 0.0103. The molecule has 0 amide bonds. The number of aliphatic hydroxyl groups excluding tert-OH is 1. The van der Waals surface area contributed by atoms with Crippen molar-refractivity contribution in [2.24, 2.45) is 5.92 Å². The zero-order valence-electron chi connectivity index (χ0n) is 10.5. The van der Waals surface area contributed by atoms with Crippen LogP contribution in [0.1, 0.15) is 25.7 Å². The third-order valence-electron chi connectivity index (χ3n) is 3.51. The first kappa shape index (κ1) is 14.1. The van der Waals surface area contributed by atoms with Crippen LogP contribution in [0.15, 0.2) is 18.2 Å². The molecule has 1 fully saturated rings. The second kappa shape index (κ2) is 6.21. The largest absolute Gasteiger partial charge is 0.393 e. The Kier molecular flexibility index (Phi) is 4.61. The lowest BCUT2D eigenvalue weighted by Gasteiger charge is -2.26. The van der Waals surface area contributed by atoms with Crippen LogP contribution in [0.4, 0.5) is 11.4 Å². The van der Waals surface area contributed by atoms with Gasteiger partial charge in [0.1, 0.15) is 5.69 Å². The van der Waals surface area contributed by atoms with Crippen molar-refractivity contribution in [3.63, 3.8) is 0 Å². The molecule has 2 rings (SSSR count). The van der Waals surface area contributed by atoms with E-state index in [2.05, 4.69) is 5.32 Å². The van der Waals surface area contributed by atoms with Crippen molar-refractivity contribution in [3.8, 4) is 0 Å². The number of benzene rings is 1. The molecule has 5 nitrogen and oxygen atoms in total. The molecule has 0 aliphatic heterocycles. The monoisotopic (exact) mass is 284 g/mol. The van der Waals surface area contributed by atoms with Crippen LogP contribution in [0.3, 0.4) is 0 Å². The Morgan fingerprint density at radius 2 is 2.26 bits per heavy atom.